The summed E-state index contributed by atoms with van der Waals surface area (Å²) in [5.41, 5.74) is 12.6. The van der Waals surface area contributed by atoms with Gasteiger partial charge < -0.3 is 69.8 Å². The van der Waals surface area contributed by atoms with Crippen LogP contribution in [0.1, 0.15) is 12.5 Å². The molecule has 2 aliphatic rings. The molecule has 0 bridgehead atoms. The second-order valence-electron chi connectivity index (χ2n) is 10.6. The second kappa shape index (κ2) is 14.2. The first-order chi connectivity index (χ1) is 23.2. The average molecular weight is 769 g/mol. The first-order valence-electron chi connectivity index (χ1n) is 14.0. The summed E-state index contributed by atoms with van der Waals surface area (Å²) in [6.07, 6.45) is -7.68. The molecule has 0 radical (unpaired) electrons. The smallest absolute Gasteiger partial charge is 0.327 e. The molecule has 49 heavy (non-hydrogen) atoms. The Morgan fingerprint density at radius 3 is 1.63 bits per heavy atom. The lowest BCUT2D eigenvalue weighted by atomic mass is 10.1. The molecule has 27 heteroatoms. The average Bonchev–Trinajstić information content (AvgIpc) is 3.81. The van der Waals surface area contributed by atoms with Crippen molar-refractivity contribution in [2.75, 3.05) is 31.3 Å². The molecule has 0 aromatic carbocycles. The molecule has 23 nitrogen and oxygen atoms in total. The van der Waals surface area contributed by atoms with Gasteiger partial charge in [0.15, 0.2) is 41.7 Å². The predicted octanol–water partition coefficient (Wildman–Crippen LogP) is -3.11. The van der Waals surface area contributed by atoms with Gasteiger partial charge in [0, 0.05) is 0 Å². The standard InChI is InChI=1S/C22H30N10O13P2S2/c23-17-11-19(27-4-25-17)31(6-29-11)21-15(36)13(34)8(43-21)1-40-46(38,48)42-3-10(33)45-47(39,49)41-2-9-14(35)16(37)22(44-9)32-7-30-12-18(24)26-5-28-20(12)32/h4-10,13-16,21-22,33-37H,1-3H2,(H,38,48)(H,39,49)(H2,23,25,27)(H2,24,26,28)/t8-,9-,10?,13-,14-,15-,16-,21-,22-,46?,47?/m1/s1. The maximum atomic E-state index is 10.6. The highest BCUT2D eigenvalue weighted by atomic mass is 32.5. The predicted molar refractivity (Wildman–Crippen MR) is 169 cm³/mol. The normalized spacial score (nSPS) is 30.5. The summed E-state index contributed by atoms with van der Waals surface area (Å²) in [4.78, 5) is 44.9. The number of hydrogen-bond acceptors (Lipinski definition) is 21. The number of nitrogen functional groups attached to an aromatic ring is 2. The molecule has 4 aromatic heterocycles. The Kier molecular flexibility index (Phi) is 10.5. The van der Waals surface area contributed by atoms with Crippen LogP contribution < -0.4 is 11.5 Å². The molecular weight excluding hydrogens is 738 g/mol. The van der Waals surface area contributed by atoms with E-state index in [-0.39, 0.29) is 34.0 Å². The number of aromatic nitrogens is 8. The van der Waals surface area contributed by atoms with E-state index in [1.807, 2.05) is 0 Å². The number of ether oxygens (including phenoxy) is 2. The molecule has 0 amide bonds. The summed E-state index contributed by atoms with van der Waals surface area (Å²) in [5, 5.41) is 52.4. The lowest BCUT2D eigenvalue weighted by molar-refractivity contribution is -0.0755. The maximum Gasteiger partial charge on any atom is 0.327 e. The van der Waals surface area contributed by atoms with Crippen LogP contribution in [-0.2, 0) is 51.2 Å². The van der Waals surface area contributed by atoms with Crippen LogP contribution in [0.25, 0.3) is 22.3 Å². The lowest BCUT2D eigenvalue weighted by Crippen LogP contribution is -2.34. The number of nitrogens with zero attached hydrogens (tertiary/aromatic N) is 8. The zero-order valence-corrected chi connectivity index (χ0v) is 28.1. The van der Waals surface area contributed by atoms with Crippen molar-refractivity contribution in [1.82, 2.24) is 39.0 Å². The van der Waals surface area contributed by atoms with Crippen molar-refractivity contribution in [3.63, 3.8) is 0 Å². The maximum absolute atomic E-state index is 10.6. The van der Waals surface area contributed by atoms with E-state index >= 15 is 0 Å². The quantitative estimate of drug-likeness (QED) is 0.0480. The lowest BCUT2D eigenvalue weighted by Gasteiger charge is -2.24. The fraction of sp³-hybridized carbons (Fsp3) is 0.545. The first-order valence-corrected chi connectivity index (χ1v) is 19.2. The van der Waals surface area contributed by atoms with Gasteiger partial charge in [-0.05, 0) is 23.6 Å². The van der Waals surface area contributed by atoms with Crippen LogP contribution in [0, 0.1) is 0 Å². The number of aliphatic hydroxyl groups excluding tert-OH is 5. The largest absolute Gasteiger partial charge is 0.387 e. The molecule has 6 rings (SSSR count). The molecule has 4 aromatic rings. The molecule has 3 unspecified atom stereocenters. The minimum atomic E-state index is -4.23. The Morgan fingerprint density at radius 1 is 0.714 bits per heavy atom. The van der Waals surface area contributed by atoms with Crippen molar-refractivity contribution in [2.45, 2.75) is 55.4 Å². The summed E-state index contributed by atoms with van der Waals surface area (Å²) in [6, 6.07) is 0. The van der Waals surface area contributed by atoms with E-state index in [4.69, 9.17) is 62.6 Å². The van der Waals surface area contributed by atoms with Gasteiger partial charge in [-0.25, -0.2) is 29.9 Å². The number of anilines is 2. The molecule has 0 saturated carbocycles. The third kappa shape index (κ3) is 7.58. The molecule has 2 fully saturated rings. The van der Waals surface area contributed by atoms with Gasteiger partial charge in [0.25, 0.3) is 0 Å². The highest BCUT2D eigenvalue weighted by Crippen LogP contribution is 2.48. The van der Waals surface area contributed by atoms with E-state index in [2.05, 4.69) is 29.9 Å². The van der Waals surface area contributed by atoms with Gasteiger partial charge in [-0.1, -0.05) is 0 Å². The Morgan fingerprint density at radius 2 is 1.16 bits per heavy atom. The van der Waals surface area contributed by atoms with Crippen molar-refractivity contribution < 1.29 is 62.9 Å². The number of fused-ring (bicyclic) bond motifs is 2. The topological polar surface area (TPSA) is 336 Å². The number of nitrogens with two attached hydrogens (primary N) is 2. The number of hydrogen-bond donors (Lipinski definition) is 9. The van der Waals surface area contributed by atoms with Crippen LogP contribution in [-0.4, -0.2) is 137 Å². The molecule has 11 atom stereocenters. The number of rotatable bonds is 13. The molecule has 11 N–H and O–H groups in total. The van der Waals surface area contributed by atoms with Crippen molar-refractivity contribution in [3.05, 3.63) is 25.3 Å². The van der Waals surface area contributed by atoms with Crippen LogP contribution >= 0.6 is 13.4 Å². The van der Waals surface area contributed by atoms with E-state index in [1.165, 1.54) is 34.4 Å². The Bertz CT molecular complexity index is 1910. The highest BCUT2D eigenvalue weighted by molar-refractivity contribution is 8.07. The monoisotopic (exact) mass is 768 g/mol. The Labute approximate surface area is 284 Å². The molecule has 0 spiro atoms. The minimum Gasteiger partial charge on any atom is -0.387 e. The third-order valence-corrected chi connectivity index (χ3v) is 10.6. The second-order valence-corrected chi connectivity index (χ2v) is 16.3. The van der Waals surface area contributed by atoms with E-state index in [9.17, 15) is 35.3 Å². The molecule has 268 valence electrons. The summed E-state index contributed by atoms with van der Waals surface area (Å²) < 4.78 is 34.5. The first kappa shape index (κ1) is 36.3. The van der Waals surface area contributed by atoms with Gasteiger partial charge in [0.1, 0.15) is 66.9 Å². The SMILES string of the molecule is Nc1ncnc2c1ncn2[C@@H]1O[C@H](COP(O)(=S)OCC(O)OP(O)(=S)OC[C@H]2O[C@@H](n3cnc4c(N)ncnc43)[C@H](O)[C@@H]2O)[C@@H](O)[C@H]1O. The van der Waals surface area contributed by atoms with Crippen molar-refractivity contribution in [1.29, 1.82) is 0 Å². The van der Waals surface area contributed by atoms with Gasteiger partial charge in [0.05, 0.1) is 25.9 Å². The van der Waals surface area contributed by atoms with E-state index in [1.54, 1.807) is 0 Å². The third-order valence-electron chi connectivity index (χ3n) is 7.44. The Hall–Kier alpha value is -2.52. The van der Waals surface area contributed by atoms with Gasteiger partial charge in [-0.3, -0.25) is 13.7 Å². The fourth-order valence-corrected chi connectivity index (χ4v) is 7.39. The minimum absolute atomic E-state index is 0.0958. The zero-order valence-electron chi connectivity index (χ0n) is 24.7. The van der Waals surface area contributed by atoms with Gasteiger partial charge >= 0.3 is 13.4 Å². The molecule has 6 heterocycles. The summed E-state index contributed by atoms with van der Waals surface area (Å²) in [6.45, 7) is -10.3. The van der Waals surface area contributed by atoms with E-state index < -0.39 is 88.6 Å². The zero-order chi connectivity index (χ0) is 35.2. The van der Waals surface area contributed by atoms with E-state index in [0.717, 1.165) is 0 Å². The molecule has 2 saturated heterocycles. The van der Waals surface area contributed by atoms with Crippen molar-refractivity contribution in [3.8, 4) is 0 Å². The Balaban J connectivity index is 0.968. The van der Waals surface area contributed by atoms with Crippen LogP contribution in [0.5, 0.6) is 0 Å². The number of imidazole rings is 2. The van der Waals surface area contributed by atoms with Crippen LogP contribution in [0.4, 0.5) is 11.6 Å². The fourth-order valence-electron chi connectivity index (χ4n) is 5.05. The number of aliphatic hydroxyl groups is 5. The van der Waals surface area contributed by atoms with Crippen LogP contribution in [0.15, 0.2) is 25.3 Å². The van der Waals surface area contributed by atoms with Crippen LogP contribution in [0.3, 0.4) is 0 Å². The van der Waals surface area contributed by atoms with E-state index in [0.29, 0.717) is 0 Å². The summed E-state index contributed by atoms with van der Waals surface area (Å²) >= 11 is 9.84. The van der Waals surface area contributed by atoms with Gasteiger partial charge in [-0.15, -0.1) is 0 Å². The van der Waals surface area contributed by atoms with Crippen LogP contribution in [0.2, 0.25) is 0 Å². The summed E-state index contributed by atoms with van der Waals surface area (Å²) in [5.74, 6) is 0.195. The molecule has 2 aliphatic heterocycles. The van der Waals surface area contributed by atoms with Gasteiger partial charge in [0.2, 0.25) is 0 Å². The molecular formula is C22H30N10O13P2S2. The van der Waals surface area contributed by atoms with Gasteiger partial charge in [-0.2, -0.15) is 0 Å². The highest BCUT2D eigenvalue weighted by Gasteiger charge is 2.46. The van der Waals surface area contributed by atoms with Crippen molar-refractivity contribution >= 4 is 71.0 Å². The summed E-state index contributed by atoms with van der Waals surface area (Å²) in [7, 11) is 0. The molecule has 0 aliphatic carbocycles. The van der Waals surface area contributed by atoms with Crippen molar-refractivity contribution in [2.24, 2.45) is 0 Å².